The third-order valence-electron chi connectivity index (χ3n) is 4.95. The van der Waals surface area contributed by atoms with Crippen LogP contribution < -0.4 is 11.1 Å². The van der Waals surface area contributed by atoms with Crippen LogP contribution in [0.25, 0.3) is 21.2 Å². The van der Waals surface area contributed by atoms with E-state index in [1.165, 1.54) is 35.7 Å². The standard InChI is InChI=1S/C23H21F3N4S/c1-23(25,26)18-6-2-14(3-7-18)8-19(27)12-29-22-30-13-20(31-22)15-4-5-16-11-28-21(24)10-17(16)9-15/h2-7,9-11,13,19H,8,12,27H2,1H3,(H,29,30). The zero-order valence-corrected chi connectivity index (χ0v) is 17.6. The molecule has 0 aliphatic carbocycles. The second kappa shape index (κ2) is 8.64. The van der Waals surface area contributed by atoms with E-state index in [4.69, 9.17) is 5.73 Å². The molecule has 0 saturated carbocycles. The van der Waals surface area contributed by atoms with Crippen LogP contribution in [0.5, 0.6) is 0 Å². The SMILES string of the molecule is CC(F)(F)c1ccc(CC(N)CNc2ncc(-c3ccc4cnc(F)cc4c3)s2)cc1. The minimum Gasteiger partial charge on any atom is -0.360 e. The normalized spacial score (nSPS) is 12.8. The Labute approximate surface area is 182 Å². The number of anilines is 1. The average Bonchev–Trinajstić information content (AvgIpc) is 3.20. The van der Waals surface area contributed by atoms with Gasteiger partial charge in [-0.25, -0.2) is 18.7 Å². The fourth-order valence-electron chi connectivity index (χ4n) is 3.28. The van der Waals surface area contributed by atoms with Crippen molar-refractivity contribution in [3.05, 3.63) is 78.0 Å². The zero-order chi connectivity index (χ0) is 22.0. The van der Waals surface area contributed by atoms with Gasteiger partial charge in [-0.2, -0.15) is 4.39 Å². The molecule has 0 amide bonds. The fourth-order valence-corrected chi connectivity index (χ4v) is 4.10. The van der Waals surface area contributed by atoms with Gasteiger partial charge in [-0.3, -0.25) is 0 Å². The third-order valence-corrected chi connectivity index (χ3v) is 5.96. The van der Waals surface area contributed by atoms with Gasteiger partial charge in [-0.15, -0.1) is 0 Å². The molecule has 4 nitrogen and oxygen atoms in total. The van der Waals surface area contributed by atoms with Crippen molar-refractivity contribution in [2.45, 2.75) is 25.3 Å². The molecule has 0 bridgehead atoms. The van der Waals surface area contributed by atoms with E-state index < -0.39 is 11.9 Å². The van der Waals surface area contributed by atoms with E-state index in [2.05, 4.69) is 15.3 Å². The lowest BCUT2D eigenvalue weighted by Crippen LogP contribution is -2.31. The Morgan fingerprint density at radius 1 is 1.03 bits per heavy atom. The number of fused-ring (bicyclic) bond motifs is 1. The van der Waals surface area contributed by atoms with Gasteiger partial charge in [0.1, 0.15) is 0 Å². The van der Waals surface area contributed by atoms with Gasteiger partial charge < -0.3 is 11.1 Å². The molecule has 31 heavy (non-hydrogen) atoms. The maximum Gasteiger partial charge on any atom is 0.270 e. The molecule has 0 spiro atoms. The summed E-state index contributed by atoms with van der Waals surface area (Å²) in [4.78, 5) is 9.01. The molecule has 0 radical (unpaired) electrons. The summed E-state index contributed by atoms with van der Waals surface area (Å²) in [6.45, 7) is 1.38. The number of pyridine rings is 1. The van der Waals surface area contributed by atoms with E-state index >= 15 is 0 Å². The van der Waals surface area contributed by atoms with Crippen LogP contribution in [0.3, 0.4) is 0 Å². The molecule has 160 valence electrons. The number of alkyl halides is 2. The first-order valence-corrected chi connectivity index (χ1v) is 10.6. The number of thiazole rings is 1. The number of benzene rings is 2. The van der Waals surface area contributed by atoms with E-state index in [1.54, 1.807) is 18.3 Å². The fraction of sp³-hybridized carbons (Fsp3) is 0.217. The molecule has 8 heteroatoms. The van der Waals surface area contributed by atoms with Gasteiger partial charge in [0, 0.05) is 48.9 Å². The summed E-state index contributed by atoms with van der Waals surface area (Å²) in [7, 11) is 0. The predicted octanol–water partition coefficient (Wildman–Crippen LogP) is 5.59. The molecule has 1 unspecified atom stereocenters. The highest BCUT2D eigenvalue weighted by Gasteiger charge is 2.23. The van der Waals surface area contributed by atoms with Crippen molar-refractivity contribution < 1.29 is 13.2 Å². The molecule has 2 heterocycles. The van der Waals surface area contributed by atoms with Crippen LogP contribution in [0, 0.1) is 5.95 Å². The van der Waals surface area contributed by atoms with Gasteiger partial charge in [-0.05, 0) is 29.0 Å². The van der Waals surface area contributed by atoms with Crippen LogP contribution in [0.4, 0.5) is 18.3 Å². The molecule has 0 aliphatic heterocycles. The van der Waals surface area contributed by atoms with Crippen molar-refractivity contribution >= 4 is 27.2 Å². The Morgan fingerprint density at radius 2 is 1.81 bits per heavy atom. The maximum absolute atomic E-state index is 13.4. The van der Waals surface area contributed by atoms with Crippen LogP contribution in [-0.2, 0) is 12.3 Å². The smallest absolute Gasteiger partial charge is 0.270 e. The van der Waals surface area contributed by atoms with Crippen molar-refractivity contribution in [1.29, 1.82) is 0 Å². The summed E-state index contributed by atoms with van der Waals surface area (Å²) in [5.74, 6) is -3.36. The summed E-state index contributed by atoms with van der Waals surface area (Å²) < 4.78 is 40.0. The molecule has 0 fully saturated rings. The van der Waals surface area contributed by atoms with Gasteiger partial charge in [0.25, 0.3) is 5.92 Å². The monoisotopic (exact) mass is 442 g/mol. The first-order chi connectivity index (χ1) is 14.8. The highest BCUT2D eigenvalue weighted by atomic mass is 32.1. The first-order valence-electron chi connectivity index (χ1n) is 9.76. The lowest BCUT2D eigenvalue weighted by atomic mass is 10.0. The molecule has 1 atom stereocenters. The van der Waals surface area contributed by atoms with Crippen molar-refractivity contribution in [1.82, 2.24) is 9.97 Å². The first kappa shape index (κ1) is 21.3. The van der Waals surface area contributed by atoms with E-state index in [0.717, 1.165) is 38.8 Å². The van der Waals surface area contributed by atoms with Crippen molar-refractivity contribution in [3.63, 3.8) is 0 Å². The molecule has 0 saturated heterocycles. The quantitative estimate of drug-likeness (QED) is 0.366. The number of hydrogen-bond acceptors (Lipinski definition) is 5. The van der Waals surface area contributed by atoms with Gasteiger partial charge in [0.05, 0.1) is 4.88 Å². The van der Waals surface area contributed by atoms with E-state index in [1.807, 2.05) is 18.2 Å². The van der Waals surface area contributed by atoms with Crippen LogP contribution in [0.15, 0.2) is 60.9 Å². The van der Waals surface area contributed by atoms with Crippen LogP contribution in [0.2, 0.25) is 0 Å². The van der Waals surface area contributed by atoms with Crippen LogP contribution in [-0.4, -0.2) is 22.6 Å². The van der Waals surface area contributed by atoms with E-state index in [9.17, 15) is 13.2 Å². The molecule has 2 aromatic heterocycles. The molecule has 4 aromatic rings. The summed E-state index contributed by atoms with van der Waals surface area (Å²) in [6.07, 6.45) is 3.84. The minimum absolute atomic E-state index is 0.00838. The van der Waals surface area contributed by atoms with Crippen molar-refractivity contribution in [2.24, 2.45) is 5.73 Å². The zero-order valence-electron chi connectivity index (χ0n) is 16.8. The number of nitrogens with zero attached hydrogens (tertiary/aromatic N) is 2. The van der Waals surface area contributed by atoms with Crippen LogP contribution in [0.1, 0.15) is 18.1 Å². The van der Waals surface area contributed by atoms with Crippen LogP contribution >= 0.6 is 11.3 Å². The largest absolute Gasteiger partial charge is 0.360 e. The maximum atomic E-state index is 13.4. The van der Waals surface area contributed by atoms with E-state index in [-0.39, 0.29) is 11.6 Å². The predicted molar refractivity (Wildman–Crippen MR) is 119 cm³/mol. The lowest BCUT2D eigenvalue weighted by molar-refractivity contribution is 0.0174. The second-order valence-corrected chi connectivity index (χ2v) is 8.56. The Morgan fingerprint density at radius 3 is 2.55 bits per heavy atom. The van der Waals surface area contributed by atoms with Gasteiger partial charge >= 0.3 is 0 Å². The summed E-state index contributed by atoms with van der Waals surface area (Å²) >= 11 is 1.48. The number of hydrogen-bond donors (Lipinski definition) is 2. The number of aromatic nitrogens is 2. The van der Waals surface area contributed by atoms with Gasteiger partial charge in [0.2, 0.25) is 5.95 Å². The molecule has 3 N–H and O–H groups in total. The lowest BCUT2D eigenvalue weighted by Gasteiger charge is -2.14. The number of nitrogens with two attached hydrogens (primary N) is 1. The highest BCUT2D eigenvalue weighted by Crippen LogP contribution is 2.31. The summed E-state index contributed by atoms with van der Waals surface area (Å²) in [6, 6.07) is 13.2. The molecule has 4 rings (SSSR count). The molecule has 2 aromatic carbocycles. The summed E-state index contributed by atoms with van der Waals surface area (Å²) in [5, 5.41) is 5.61. The number of nitrogens with one attached hydrogen (secondary N) is 1. The van der Waals surface area contributed by atoms with Gasteiger partial charge in [0.15, 0.2) is 5.13 Å². The number of rotatable bonds is 7. The van der Waals surface area contributed by atoms with Crippen molar-refractivity contribution in [3.8, 4) is 10.4 Å². The summed E-state index contributed by atoms with van der Waals surface area (Å²) in [5.41, 5.74) is 8.04. The van der Waals surface area contributed by atoms with Gasteiger partial charge in [-0.1, -0.05) is 47.7 Å². The Bertz CT molecular complexity index is 1190. The topological polar surface area (TPSA) is 63.8 Å². The minimum atomic E-state index is -2.85. The van der Waals surface area contributed by atoms with E-state index in [0.29, 0.717) is 13.0 Å². The highest BCUT2D eigenvalue weighted by molar-refractivity contribution is 7.18. The van der Waals surface area contributed by atoms with Crippen molar-refractivity contribution in [2.75, 3.05) is 11.9 Å². The Balaban J connectivity index is 1.37. The molecular formula is C23H21F3N4S. The third kappa shape index (κ3) is 5.21. The Kier molecular flexibility index (Phi) is 5.93. The molecule has 0 aliphatic rings. The Hall–Kier alpha value is -2.97. The molecular weight excluding hydrogens is 421 g/mol. The second-order valence-electron chi connectivity index (χ2n) is 7.53. The number of halogens is 3. The average molecular weight is 443 g/mol.